The summed E-state index contributed by atoms with van der Waals surface area (Å²) < 4.78 is 54.3. The number of nitrogens with zero attached hydrogens (tertiary/aromatic N) is 1. The maximum Gasteiger partial charge on any atom is 0.243 e. The van der Waals surface area contributed by atoms with Gasteiger partial charge >= 0.3 is 0 Å². The predicted octanol–water partition coefficient (Wildman–Crippen LogP) is 1.30. The van der Waals surface area contributed by atoms with Crippen LogP contribution in [0.5, 0.6) is 0 Å². The van der Waals surface area contributed by atoms with Gasteiger partial charge in [-0.05, 0) is 44.9 Å². The van der Waals surface area contributed by atoms with Gasteiger partial charge < -0.3 is 5.73 Å². The summed E-state index contributed by atoms with van der Waals surface area (Å²) in [5, 5.41) is 0. The molecule has 1 aliphatic rings. The van der Waals surface area contributed by atoms with Gasteiger partial charge in [0.05, 0.1) is 9.79 Å². The van der Waals surface area contributed by atoms with Crippen LogP contribution in [-0.2, 0) is 20.0 Å². The molecule has 0 spiro atoms. The number of nitrogens with two attached hydrogens (primary N) is 1. The van der Waals surface area contributed by atoms with E-state index >= 15 is 0 Å². The average Bonchev–Trinajstić information content (AvgIpc) is 2.55. The second-order valence-corrected chi connectivity index (χ2v) is 10.3. The molecule has 0 aliphatic carbocycles. The van der Waals surface area contributed by atoms with Gasteiger partial charge in [0, 0.05) is 25.2 Å². The summed E-state index contributed by atoms with van der Waals surface area (Å²) in [6, 6.07) is 5.46. The normalized spacial score (nSPS) is 17.1. The van der Waals surface area contributed by atoms with Crippen molar-refractivity contribution in [2.45, 2.75) is 48.4 Å². The summed E-state index contributed by atoms with van der Waals surface area (Å²) in [6.07, 6.45) is 2.66. The average molecular weight is 412 g/mol. The fraction of sp³-hybridized carbons (Fsp3) is 0.600. The summed E-state index contributed by atoms with van der Waals surface area (Å²) in [6.45, 7) is 4.39. The van der Waals surface area contributed by atoms with Crippen molar-refractivity contribution in [2.24, 2.45) is 5.73 Å². The topological polar surface area (TPSA) is 110 Å². The Morgan fingerprint density at radius 3 is 2.20 bits per heavy atom. The fourth-order valence-electron chi connectivity index (χ4n) is 2.52. The lowest BCUT2D eigenvalue weighted by atomic mass is 10.1. The smallest absolute Gasteiger partial charge is 0.243 e. The summed E-state index contributed by atoms with van der Waals surface area (Å²) >= 11 is 0. The number of sulfonamides is 2. The highest BCUT2D eigenvalue weighted by molar-refractivity contribution is 7.90. The van der Waals surface area contributed by atoms with Gasteiger partial charge in [0.2, 0.25) is 20.0 Å². The van der Waals surface area contributed by atoms with E-state index in [9.17, 15) is 16.8 Å². The first kappa shape index (κ1) is 22.3. The van der Waals surface area contributed by atoms with Crippen molar-refractivity contribution in [1.29, 1.82) is 0 Å². The number of halogens is 1. The number of hydrogen-bond donors (Lipinski definition) is 2. The van der Waals surface area contributed by atoms with Crippen molar-refractivity contribution in [3.63, 3.8) is 0 Å². The third kappa shape index (κ3) is 5.38. The number of rotatable bonds is 6. The van der Waals surface area contributed by atoms with Crippen LogP contribution in [0.3, 0.4) is 0 Å². The zero-order valence-corrected chi connectivity index (χ0v) is 16.9. The molecular weight excluding hydrogens is 386 g/mol. The van der Waals surface area contributed by atoms with E-state index in [-0.39, 0.29) is 28.7 Å². The quantitative estimate of drug-likeness (QED) is 0.733. The SMILES string of the molecule is CC(C)(CN)NS(=O)(=O)c1cccc(S(=O)(=O)N2CCCCC2)c1.Cl. The number of nitrogens with one attached hydrogen (secondary N) is 1. The van der Waals surface area contributed by atoms with Crippen molar-refractivity contribution < 1.29 is 16.8 Å². The zero-order chi connectivity index (χ0) is 18.0. The Morgan fingerprint density at radius 1 is 1.08 bits per heavy atom. The van der Waals surface area contributed by atoms with Crippen molar-refractivity contribution >= 4 is 32.5 Å². The van der Waals surface area contributed by atoms with E-state index in [2.05, 4.69) is 4.72 Å². The van der Waals surface area contributed by atoms with Crippen LogP contribution in [0, 0.1) is 0 Å². The molecule has 1 heterocycles. The molecule has 1 aromatic carbocycles. The standard InChI is InChI=1S/C15H25N3O4S2.ClH/c1-15(2,12-16)17-23(19,20)13-7-6-8-14(11-13)24(21,22)18-9-4-3-5-10-18;/h6-8,11,17H,3-5,9-10,12,16H2,1-2H3;1H. The van der Waals surface area contributed by atoms with Gasteiger partial charge in [-0.25, -0.2) is 21.6 Å². The number of hydrogen-bond acceptors (Lipinski definition) is 5. The molecule has 7 nitrogen and oxygen atoms in total. The maximum absolute atomic E-state index is 12.7. The first-order valence-electron chi connectivity index (χ1n) is 7.93. The Balaban J connectivity index is 0.00000312. The summed E-state index contributed by atoms with van der Waals surface area (Å²) in [7, 11) is -7.53. The molecule has 2 rings (SSSR count). The van der Waals surface area contributed by atoms with Crippen LogP contribution in [0.4, 0.5) is 0 Å². The van der Waals surface area contributed by atoms with E-state index < -0.39 is 25.6 Å². The van der Waals surface area contributed by atoms with Crippen LogP contribution < -0.4 is 10.5 Å². The van der Waals surface area contributed by atoms with E-state index in [1.165, 1.54) is 28.6 Å². The Labute approximate surface area is 156 Å². The molecule has 0 unspecified atom stereocenters. The van der Waals surface area contributed by atoms with E-state index in [4.69, 9.17) is 5.73 Å². The van der Waals surface area contributed by atoms with Crippen LogP contribution >= 0.6 is 12.4 Å². The van der Waals surface area contributed by atoms with Gasteiger partial charge in [-0.1, -0.05) is 12.5 Å². The third-order valence-corrected chi connectivity index (χ3v) is 7.58. The van der Waals surface area contributed by atoms with E-state index in [0.29, 0.717) is 13.1 Å². The zero-order valence-electron chi connectivity index (χ0n) is 14.4. The van der Waals surface area contributed by atoms with Gasteiger partial charge in [0.25, 0.3) is 0 Å². The highest BCUT2D eigenvalue weighted by Gasteiger charge is 2.29. The highest BCUT2D eigenvalue weighted by atomic mass is 35.5. The van der Waals surface area contributed by atoms with Gasteiger partial charge in [-0.3, -0.25) is 0 Å². The largest absolute Gasteiger partial charge is 0.329 e. The maximum atomic E-state index is 12.7. The minimum Gasteiger partial charge on any atom is -0.329 e. The molecule has 0 saturated carbocycles. The second-order valence-electron chi connectivity index (χ2n) is 6.63. The van der Waals surface area contributed by atoms with Crippen molar-refractivity contribution in [1.82, 2.24) is 9.03 Å². The molecular formula is C15H26ClN3O4S2. The molecule has 1 aliphatic heterocycles. The molecule has 144 valence electrons. The lowest BCUT2D eigenvalue weighted by Crippen LogP contribution is -2.48. The van der Waals surface area contributed by atoms with Gasteiger partial charge in [-0.15, -0.1) is 12.4 Å². The summed E-state index contributed by atoms with van der Waals surface area (Å²) in [5.74, 6) is 0. The Bertz CT molecular complexity index is 789. The minimum atomic E-state index is -3.86. The monoisotopic (exact) mass is 411 g/mol. The highest BCUT2D eigenvalue weighted by Crippen LogP contribution is 2.23. The van der Waals surface area contributed by atoms with Crippen LogP contribution in [0.1, 0.15) is 33.1 Å². The van der Waals surface area contributed by atoms with Crippen LogP contribution in [0.2, 0.25) is 0 Å². The molecule has 0 aromatic heterocycles. The molecule has 0 bridgehead atoms. The molecule has 1 aromatic rings. The first-order valence-corrected chi connectivity index (χ1v) is 10.9. The molecule has 3 N–H and O–H groups in total. The minimum absolute atomic E-state index is 0. The van der Waals surface area contributed by atoms with Crippen LogP contribution in [-0.4, -0.2) is 46.3 Å². The van der Waals surface area contributed by atoms with E-state index in [1.54, 1.807) is 13.8 Å². The Morgan fingerprint density at radius 2 is 1.64 bits per heavy atom. The Kier molecular flexibility index (Phi) is 7.43. The fourth-order valence-corrected chi connectivity index (χ4v) is 5.63. The van der Waals surface area contributed by atoms with E-state index in [1.807, 2.05) is 0 Å². The Hall–Kier alpha value is -0.710. The van der Waals surface area contributed by atoms with E-state index in [0.717, 1.165) is 19.3 Å². The lowest BCUT2D eigenvalue weighted by molar-refractivity contribution is 0.346. The molecule has 1 fully saturated rings. The van der Waals surface area contributed by atoms with Crippen molar-refractivity contribution in [2.75, 3.05) is 19.6 Å². The molecule has 10 heteroatoms. The molecule has 0 amide bonds. The molecule has 0 atom stereocenters. The number of piperidine rings is 1. The summed E-state index contributed by atoms with van der Waals surface area (Å²) in [5.41, 5.74) is 4.74. The van der Waals surface area contributed by atoms with Gasteiger partial charge in [0.1, 0.15) is 0 Å². The van der Waals surface area contributed by atoms with Gasteiger partial charge in [0.15, 0.2) is 0 Å². The van der Waals surface area contributed by atoms with Crippen molar-refractivity contribution in [3.8, 4) is 0 Å². The van der Waals surface area contributed by atoms with Crippen LogP contribution in [0.25, 0.3) is 0 Å². The number of benzene rings is 1. The van der Waals surface area contributed by atoms with Gasteiger partial charge in [-0.2, -0.15) is 4.31 Å². The summed E-state index contributed by atoms with van der Waals surface area (Å²) in [4.78, 5) is -0.0834. The second kappa shape index (κ2) is 8.32. The van der Waals surface area contributed by atoms with Crippen molar-refractivity contribution in [3.05, 3.63) is 24.3 Å². The third-order valence-electron chi connectivity index (χ3n) is 3.99. The first-order chi connectivity index (χ1) is 11.1. The predicted molar refractivity (Wildman–Crippen MR) is 99.8 cm³/mol. The molecule has 1 saturated heterocycles. The van der Waals surface area contributed by atoms with Crippen LogP contribution in [0.15, 0.2) is 34.1 Å². The lowest BCUT2D eigenvalue weighted by Gasteiger charge is -2.26. The molecule has 25 heavy (non-hydrogen) atoms. The molecule has 0 radical (unpaired) electrons.